The fourth-order valence-electron chi connectivity index (χ4n) is 2.55. The number of rotatable bonds is 5. The van der Waals surface area contributed by atoms with Gasteiger partial charge in [0, 0.05) is 35.3 Å². The molecule has 0 fully saturated rings. The molecule has 0 bridgehead atoms. The van der Waals surface area contributed by atoms with Crippen LogP contribution in [-0.4, -0.2) is 38.4 Å². The molecule has 24 heavy (non-hydrogen) atoms. The molecule has 2 heterocycles. The van der Waals surface area contributed by atoms with Gasteiger partial charge in [0.25, 0.3) is 5.91 Å². The molecule has 3 aromatic rings. The van der Waals surface area contributed by atoms with Gasteiger partial charge >= 0.3 is 7.60 Å². The molecule has 0 saturated carbocycles. The van der Waals surface area contributed by atoms with Gasteiger partial charge in [-0.1, -0.05) is 12.1 Å². The fraction of sp³-hybridized carbons (Fsp3) is 0.188. The quantitative estimate of drug-likeness (QED) is 0.371. The van der Waals surface area contributed by atoms with Crippen LogP contribution < -0.4 is 5.32 Å². The lowest BCUT2D eigenvalue weighted by Gasteiger charge is -2.10. The zero-order valence-electron chi connectivity index (χ0n) is 12.7. The van der Waals surface area contributed by atoms with E-state index < -0.39 is 7.60 Å². The molecule has 0 aliphatic carbocycles. The van der Waals surface area contributed by atoms with E-state index in [1.165, 1.54) is 0 Å². The largest absolute Gasteiger partial charge is 0.352 e. The second kappa shape index (κ2) is 6.65. The predicted molar refractivity (Wildman–Crippen MR) is 90.9 cm³/mol. The highest BCUT2D eigenvalue weighted by Gasteiger charge is 2.15. The van der Waals surface area contributed by atoms with Crippen LogP contribution in [0.3, 0.4) is 0 Å². The highest BCUT2D eigenvalue weighted by Crippen LogP contribution is 2.34. The molecule has 3 rings (SSSR count). The Morgan fingerprint density at radius 3 is 2.58 bits per heavy atom. The monoisotopic (exact) mass is 345 g/mol. The van der Waals surface area contributed by atoms with Gasteiger partial charge < -0.3 is 15.1 Å². The van der Waals surface area contributed by atoms with Crippen molar-refractivity contribution in [1.82, 2.24) is 15.3 Å². The van der Waals surface area contributed by atoms with Gasteiger partial charge in [-0.15, -0.1) is 0 Å². The van der Waals surface area contributed by atoms with Crippen LogP contribution in [0.2, 0.25) is 0 Å². The molecule has 0 aliphatic heterocycles. The molecular weight excluding hydrogens is 329 g/mol. The highest BCUT2D eigenvalue weighted by atomic mass is 31.2. The lowest BCUT2D eigenvalue weighted by molar-refractivity contribution is 0.0955. The van der Waals surface area contributed by atoms with Gasteiger partial charge in [-0.2, -0.15) is 0 Å². The molecule has 0 aliphatic rings. The summed E-state index contributed by atoms with van der Waals surface area (Å²) in [5, 5.41) is 4.20. The first kappa shape index (κ1) is 16.5. The summed E-state index contributed by atoms with van der Waals surface area (Å²) in [6, 6.07) is 8.97. The number of aromatic nitrogens is 2. The Balaban J connectivity index is 1.90. The summed E-state index contributed by atoms with van der Waals surface area (Å²) < 4.78 is 10.8. The molecule has 1 amide bonds. The highest BCUT2D eigenvalue weighted by molar-refractivity contribution is 7.51. The zero-order valence-corrected chi connectivity index (χ0v) is 13.6. The van der Waals surface area contributed by atoms with Crippen molar-refractivity contribution in [3.63, 3.8) is 0 Å². The predicted octanol–water partition coefficient (Wildman–Crippen LogP) is 2.08. The minimum Gasteiger partial charge on any atom is -0.352 e. The van der Waals surface area contributed by atoms with Crippen molar-refractivity contribution >= 4 is 35.3 Å². The lowest BCUT2D eigenvalue weighted by Crippen LogP contribution is -2.25. The van der Waals surface area contributed by atoms with Crippen LogP contribution in [-0.2, 0) is 4.57 Å². The smallest absolute Gasteiger partial charge is 0.325 e. The van der Waals surface area contributed by atoms with Crippen molar-refractivity contribution in [3.05, 3.63) is 48.3 Å². The number of hydrogen-bond acceptors (Lipinski definition) is 4. The Labute approximate surface area is 137 Å². The maximum absolute atomic E-state index is 12.5. The first-order valence-electron chi connectivity index (χ1n) is 7.41. The number of pyridine rings is 2. The minimum atomic E-state index is -4.04. The van der Waals surface area contributed by atoms with E-state index >= 15 is 0 Å². The number of benzene rings is 1. The van der Waals surface area contributed by atoms with Gasteiger partial charge in [-0.25, -0.2) is 0 Å². The second-order valence-electron chi connectivity index (χ2n) is 5.40. The molecule has 8 heteroatoms. The molecule has 0 saturated heterocycles. The molecular formula is C16H16N3O4P. The Morgan fingerprint density at radius 2 is 1.83 bits per heavy atom. The summed E-state index contributed by atoms with van der Waals surface area (Å²) in [7, 11) is -4.04. The molecule has 0 unspecified atom stereocenters. The molecule has 1 aromatic carbocycles. The third-order valence-electron chi connectivity index (χ3n) is 3.62. The average Bonchev–Trinajstić information content (AvgIpc) is 2.57. The van der Waals surface area contributed by atoms with E-state index in [9.17, 15) is 9.36 Å². The summed E-state index contributed by atoms with van der Waals surface area (Å²) in [6.45, 7) is 0.191. The van der Waals surface area contributed by atoms with Crippen molar-refractivity contribution in [3.8, 4) is 0 Å². The Bertz CT molecular complexity index is 954. The second-order valence-corrected chi connectivity index (χ2v) is 7.17. The van der Waals surface area contributed by atoms with E-state index in [1.54, 1.807) is 36.7 Å². The first-order chi connectivity index (χ1) is 11.5. The van der Waals surface area contributed by atoms with Crippen molar-refractivity contribution < 1.29 is 19.1 Å². The summed E-state index contributed by atoms with van der Waals surface area (Å²) >= 11 is 0. The molecule has 0 atom stereocenters. The summed E-state index contributed by atoms with van der Waals surface area (Å²) in [4.78, 5) is 38.8. The van der Waals surface area contributed by atoms with Crippen LogP contribution in [0.1, 0.15) is 16.8 Å². The standard InChI is InChI=1S/C16H16N3O4P/c20-16(19-8-3-9-24(21,22)23)13-10-11-4-1-6-17-14(11)15-12(13)5-2-7-18-15/h1-2,4-7,10H,3,8-9H2,(H,19,20)(H2,21,22,23). The normalized spacial score (nSPS) is 11.8. The molecule has 7 nitrogen and oxygen atoms in total. The van der Waals surface area contributed by atoms with Crippen LogP contribution in [0.4, 0.5) is 0 Å². The van der Waals surface area contributed by atoms with E-state index in [1.807, 2.05) is 6.07 Å². The van der Waals surface area contributed by atoms with Gasteiger partial charge in [0.2, 0.25) is 0 Å². The van der Waals surface area contributed by atoms with Crippen LogP contribution in [0.25, 0.3) is 21.8 Å². The maximum Gasteiger partial charge on any atom is 0.325 e. The van der Waals surface area contributed by atoms with E-state index in [2.05, 4.69) is 15.3 Å². The van der Waals surface area contributed by atoms with Crippen LogP contribution in [0, 0.1) is 0 Å². The molecule has 0 spiro atoms. The topological polar surface area (TPSA) is 112 Å². The Morgan fingerprint density at radius 1 is 1.12 bits per heavy atom. The number of nitrogens with zero attached hydrogens (tertiary/aromatic N) is 2. The van der Waals surface area contributed by atoms with Crippen molar-refractivity contribution in [1.29, 1.82) is 0 Å². The van der Waals surface area contributed by atoms with Gasteiger partial charge in [0.1, 0.15) is 0 Å². The maximum atomic E-state index is 12.5. The lowest BCUT2D eigenvalue weighted by atomic mass is 10.0. The van der Waals surface area contributed by atoms with Gasteiger partial charge in [-0.3, -0.25) is 19.3 Å². The minimum absolute atomic E-state index is 0.191. The molecule has 3 N–H and O–H groups in total. The summed E-state index contributed by atoms with van der Waals surface area (Å²) in [6.07, 6.45) is 3.29. The van der Waals surface area contributed by atoms with E-state index in [4.69, 9.17) is 9.79 Å². The number of hydrogen-bond donors (Lipinski definition) is 3. The first-order valence-corrected chi connectivity index (χ1v) is 9.21. The molecule has 124 valence electrons. The summed E-state index contributed by atoms with van der Waals surface area (Å²) in [5.74, 6) is -0.301. The van der Waals surface area contributed by atoms with Crippen LogP contribution in [0.5, 0.6) is 0 Å². The third kappa shape index (κ3) is 3.59. The van der Waals surface area contributed by atoms with Gasteiger partial charge in [0.05, 0.1) is 17.2 Å². The zero-order chi connectivity index (χ0) is 17.2. The number of carbonyl (C=O) groups is 1. The van der Waals surface area contributed by atoms with Crippen LogP contribution >= 0.6 is 7.60 Å². The molecule has 2 aromatic heterocycles. The Kier molecular flexibility index (Phi) is 4.57. The van der Waals surface area contributed by atoms with Crippen LogP contribution in [0.15, 0.2) is 42.7 Å². The fourth-order valence-corrected chi connectivity index (χ4v) is 3.12. The van der Waals surface area contributed by atoms with E-state index in [0.717, 1.165) is 10.9 Å². The van der Waals surface area contributed by atoms with Gasteiger partial charge in [-0.05, 0) is 24.6 Å². The number of nitrogens with one attached hydrogen (secondary N) is 1. The number of carbonyl (C=O) groups excluding carboxylic acids is 1. The SMILES string of the molecule is O=C(NCCCP(=O)(O)O)c1cc2cccnc2c2ncccc12. The number of fused-ring (bicyclic) bond motifs is 3. The van der Waals surface area contributed by atoms with Crippen molar-refractivity contribution in [2.24, 2.45) is 0 Å². The van der Waals surface area contributed by atoms with Gasteiger partial charge in [0.15, 0.2) is 0 Å². The molecule has 0 radical (unpaired) electrons. The van der Waals surface area contributed by atoms with E-state index in [0.29, 0.717) is 16.5 Å². The Hall–Kier alpha value is -2.34. The van der Waals surface area contributed by atoms with E-state index in [-0.39, 0.29) is 25.0 Å². The van der Waals surface area contributed by atoms with Crippen molar-refractivity contribution in [2.75, 3.05) is 12.7 Å². The summed E-state index contributed by atoms with van der Waals surface area (Å²) in [5.41, 5.74) is 1.84. The third-order valence-corrected chi connectivity index (χ3v) is 4.52. The van der Waals surface area contributed by atoms with Crippen molar-refractivity contribution in [2.45, 2.75) is 6.42 Å². The average molecular weight is 345 g/mol. The number of amides is 1.